The van der Waals surface area contributed by atoms with E-state index >= 15 is 0 Å². The van der Waals surface area contributed by atoms with E-state index in [0.717, 1.165) is 45.6 Å². The fraction of sp³-hybridized carbons (Fsp3) is 0.217. The summed E-state index contributed by atoms with van der Waals surface area (Å²) in [6.07, 6.45) is 3.75. The number of carbonyl (C=O) groups excluding carboxylic acids is 1. The highest BCUT2D eigenvalue weighted by atomic mass is 35.5. The molecule has 1 unspecified atom stereocenters. The van der Waals surface area contributed by atoms with Gasteiger partial charge in [0.15, 0.2) is 6.29 Å². The number of aldehydes is 1. The molecule has 0 aliphatic carbocycles. The van der Waals surface area contributed by atoms with Gasteiger partial charge in [-0.05, 0) is 17.5 Å². The summed E-state index contributed by atoms with van der Waals surface area (Å²) in [5.41, 5.74) is 2.25. The van der Waals surface area contributed by atoms with Gasteiger partial charge in [-0.3, -0.25) is 10.2 Å². The highest BCUT2D eigenvalue weighted by Crippen LogP contribution is 2.40. The second-order valence-corrected chi connectivity index (χ2v) is 9.04. The fourth-order valence-electron chi connectivity index (χ4n) is 3.92. The Hall–Kier alpha value is -2.98. The minimum atomic E-state index is -0.570. The fourth-order valence-corrected chi connectivity index (χ4v) is 5.28. The van der Waals surface area contributed by atoms with E-state index in [4.69, 9.17) is 11.6 Å². The number of aromatic nitrogens is 3. The van der Waals surface area contributed by atoms with Gasteiger partial charge in [0, 0.05) is 60.5 Å². The van der Waals surface area contributed by atoms with Crippen LogP contribution in [0.4, 0.5) is 10.3 Å². The number of anilines is 1. The Bertz CT molecular complexity index is 1320. The van der Waals surface area contributed by atoms with E-state index in [0.29, 0.717) is 29.6 Å². The van der Waals surface area contributed by atoms with Crippen LogP contribution in [0, 0.1) is 5.95 Å². The molecule has 33 heavy (non-hydrogen) atoms. The predicted molar refractivity (Wildman–Crippen MR) is 129 cm³/mol. The van der Waals surface area contributed by atoms with Crippen molar-refractivity contribution in [2.75, 3.05) is 31.5 Å². The first-order chi connectivity index (χ1) is 16.1. The number of benzene rings is 1. The molecule has 168 valence electrons. The number of halogens is 2. The zero-order valence-corrected chi connectivity index (χ0v) is 19.0. The lowest BCUT2D eigenvalue weighted by atomic mass is 10.1. The molecule has 0 saturated carbocycles. The third-order valence-electron chi connectivity index (χ3n) is 5.52. The number of carbonyl (C=O) groups is 1. The molecule has 5 rings (SSSR count). The second kappa shape index (κ2) is 9.48. The number of fused-ring (bicyclic) bond motifs is 1. The smallest absolute Gasteiger partial charge is 0.223 e. The van der Waals surface area contributed by atoms with Gasteiger partial charge in [0.25, 0.3) is 0 Å². The third-order valence-corrected chi connectivity index (χ3v) is 7.03. The molecule has 10 heteroatoms. The lowest BCUT2D eigenvalue weighted by molar-refractivity contribution is -0.112. The Labute approximate surface area is 198 Å². The van der Waals surface area contributed by atoms with Gasteiger partial charge in [-0.1, -0.05) is 29.8 Å². The maximum atomic E-state index is 13.8. The first kappa shape index (κ1) is 21.8. The SMILES string of the molecule is O=CC1NCCN1CCNc1nccc(-c2cc3cccc(-c4cc(F)ncc4Cl)c3s2)n1. The minimum absolute atomic E-state index is 0.228. The van der Waals surface area contributed by atoms with E-state index in [1.54, 1.807) is 17.5 Å². The predicted octanol–water partition coefficient (Wildman–Crippen LogP) is 4.05. The molecule has 1 saturated heterocycles. The molecule has 0 radical (unpaired) electrons. The van der Waals surface area contributed by atoms with Gasteiger partial charge in [-0.2, -0.15) is 4.39 Å². The lowest BCUT2D eigenvalue weighted by Crippen LogP contribution is -2.39. The van der Waals surface area contributed by atoms with Crippen molar-refractivity contribution >= 4 is 45.3 Å². The zero-order valence-electron chi connectivity index (χ0n) is 17.5. The number of pyridine rings is 1. The van der Waals surface area contributed by atoms with Crippen LogP contribution in [0.2, 0.25) is 5.02 Å². The van der Waals surface area contributed by atoms with Crippen molar-refractivity contribution in [2.45, 2.75) is 6.17 Å². The van der Waals surface area contributed by atoms with Gasteiger partial charge in [0.05, 0.1) is 15.6 Å². The van der Waals surface area contributed by atoms with Crippen LogP contribution >= 0.6 is 22.9 Å². The van der Waals surface area contributed by atoms with Crippen LogP contribution in [0.5, 0.6) is 0 Å². The first-order valence-corrected chi connectivity index (χ1v) is 11.7. The van der Waals surface area contributed by atoms with E-state index in [1.165, 1.54) is 12.3 Å². The van der Waals surface area contributed by atoms with Gasteiger partial charge in [-0.15, -0.1) is 11.3 Å². The van der Waals surface area contributed by atoms with Crippen LogP contribution < -0.4 is 10.6 Å². The van der Waals surface area contributed by atoms with Crippen LogP contribution in [0.15, 0.2) is 48.8 Å². The lowest BCUT2D eigenvalue weighted by Gasteiger charge is -2.19. The zero-order chi connectivity index (χ0) is 22.8. The molecule has 2 N–H and O–H groups in total. The van der Waals surface area contributed by atoms with Gasteiger partial charge in [-0.25, -0.2) is 15.0 Å². The van der Waals surface area contributed by atoms with Gasteiger partial charge >= 0.3 is 0 Å². The first-order valence-electron chi connectivity index (χ1n) is 10.5. The molecular formula is C23H20ClFN6OS. The third kappa shape index (κ3) is 4.58. The highest BCUT2D eigenvalue weighted by molar-refractivity contribution is 7.22. The molecular weight excluding hydrogens is 463 g/mol. The van der Waals surface area contributed by atoms with E-state index in [-0.39, 0.29) is 6.17 Å². The summed E-state index contributed by atoms with van der Waals surface area (Å²) in [6, 6.07) is 11.1. The monoisotopic (exact) mass is 482 g/mol. The number of rotatable bonds is 7. The maximum absolute atomic E-state index is 13.8. The Morgan fingerprint density at radius 2 is 2.18 bits per heavy atom. The van der Waals surface area contributed by atoms with Gasteiger partial charge < -0.3 is 10.1 Å². The molecule has 0 amide bonds. The topological polar surface area (TPSA) is 83.0 Å². The standard InChI is InChI=1S/C23H20ClFN6OS/c24-17-12-29-20(25)11-16(17)15-3-1-2-14-10-19(33-22(14)15)18-4-5-27-23(30-18)28-7-9-31-8-6-26-21(31)13-32/h1-5,10-13,21,26H,6-9H2,(H,27,28,30). The summed E-state index contributed by atoms with van der Waals surface area (Å²) in [7, 11) is 0. The Kier molecular flexibility index (Phi) is 6.28. The van der Waals surface area contributed by atoms with E-state index in [2.05, 4.69) is 36.6 Å². The molecule has 1 aromatic carbocycles. The van der Waals surface area contributed by atoms with Crippen LogP contribution in [-0.4, -0.2) is 58.5 Å². The molecule has 4 aromatic rings. The van der Waals surface area contributed by atoms with Crippen LogP contribution in [-0.2, 0) is 4.79 Å². The molecule has 0 bridgehead atoms. The molecule has 7 nitrogen and oxygen atoms in total. The molecule has 1 aliphatic heterocycles. The molecule has 4 heterocycles. The molecule has 1 fully saturated rings. The van der Waals surface area contributed by atoms with Crippen molar-refractivity contribution < 1.29 is 9.18 Å². The summed E-state index contributed by atoms with van der Waals surface area (Å²) >= 11 is 7.88. The van der Waals surface area contributed by atoms with E-state index in [9.17, 15) is 9.18 Å². The van der Waals surface area contributed by atoms with Crippen molar-refractivity contribution in [2.24, 2.45) is 0 Å². The summed E-state index contributed by atoms with van der Waals surface area (Å²) in [5.74, 6) is -0.0434. The molecule has 1 aliphatic rings. The number of hydrogen-bond acceptors (Lipinski definition) is 8. The number of nitrogens with one attached hydrogen (secondary N) is 2. The summed E-state index contributed by atoms with van der Waals surface area (Å²) in [4.78, 5) is 26.8. The van der Waals surface area contributed by atoms with E-state index in [1.807, 2.05) is 24.3 Å². The average molecular weight is 483 g/mol. The van der Waals surface area contributed by atoms with Crippen molar-refractivity contribution in [1.82, 2.24) is 25.2 Å². The Morgan fingerprint density at radius 1 is 1.27 bits per heavy atom. The second-order valence-electron chi connectivity index (χ2n) is 7.58. The Balaban J connectivity index is 1.38. The normalized spacial score (nSPS) is 16.4. The van der Waals surface area contributed by atoms with Crippen molar-refractivity contribution in [1.29, 1.82) is 0 Å². The average Bonchev–Trinajstić information content (AvgIpc) is 3.47. The van der Waals surface area contributed by atoms with E-state index < -0.39 is 5.95 Å². The number of hydrogen-bond donors (Lipinski definition) is 2. The van der Waals surface area contributed by atoms with Crippen LogP contribution in [0.3, 0.4) is 0 Å². The number of nitrogens with zero attached hydrogens (tertiary/aromatic N) is 4. The van der Waals surface area contributed by atoms with Gasteiger partial charge in [0.1, 0.15) is 6.17 Å². The number of thiophene rings is 1. The molecule has 3 aromatic heterocycles. The Morgan fingerprint density at radius 3 is 3.06 bits per heavy atom. The summed E-state index contributed by atoms with van der Waals surface area (Å²) in [6.45, 7) is 2.97. The van der Waals surface area contributed by atoms with Gasteiger partial charge in [0.2, 0.25) is 11.9 Å². The highest BCUT2D eigenvalue weighted by Gasteiger charge is 2.22. The van der Waals surface area contributed by atoms with Crippen LogP contribution in [0.25, 0.3) is 31.8 Å². The maximum Gasteiger partial charge on any atom is 0.223 e. The largest absolute Gasteiger partial charge is 0.353 e. The van der Waals surface area contributed by atoms with Crippen molar-refractivity contribution in [3.8, 4) is 21.7 Å². The van der Waals surface area contributed by atoms with Crippen molar-refractivity contribution in [3.63, 3.8) is 0 Å². The quantitative estimate of drug-likeness (QED) is 0.303. The molecule has 0 spiro atoms. The van der Waals surface area contributed by atoms with Crippen LogP contribution in [0.1, 0.15) is 0 Å². The molecule has 1 atom stereocenters. The minimum Gasteiger partial charge on any atom is -0.353 e. The summed E-state index contributed by atoms with van der Waals surface area (Å²) in [5, 5.41) is 7.80. The van der Waals surface area contributed by atoms with Crippen molar-refractivity contribution in [3.05, 3.63) is 59.8 Å². The summed E-state index contributed by atoms with van der Waals surface area (Å²) < 4.78 is 14.8.